The van der Waals surface area contributed by atoms with Crippen LogP contribution in [0.2, 0.25) is 0 Å². The summed E-state index contributed by atoms with van der Waals surface area (Å²) in [4.78, 5) is 17.8. The summed E-state index contributed by atoms with van der Waals surface area (Å²) < 4.78 is 7.01. The highest BCUT2D eigenvalue weighted by Crippen LogP contribution is 2.28. The van der Waals surface area contributed by atoms with Gasteiger partial charge < -0.3 is 4.74 Å². The fourth-order valence-corrected chi connectivity index (χ4v) is 2.87. The number of hydrogen-bond donors (Lipinski definition) is 0. The van der Waals surface area contributed by atoms with Crippen molar-refractivity contribution in [1.29, 1.82) is 0 Å². The molecule has 0 saturated heterocycles. The predicted octanol–water partition coefficient (Wildman–Crippen LogP) is 3.74. The third-order valence-corrected chi connectivity index (χ3v) is 4.32. The Morgan fingerprint density at radius 1 is 1.04 bits per heavy atom. The molecule has 1 aromatic heterocycles. The van der Waals surface area contributed by atoms with Gasteiger partial charge in [0.25, 0.3) is 0 Å². The van der Waals surface area contributed by atoms with Gasteiger partial charge in [-0.15, -0.1) is 0 Å². The van der Waals surface area contributed by atoms with Crippen LogP contribution in [0, 0.1) is 0 Å². The number of carbonyl (C=O) groups is 1. The van der Waals surface area contributed by atoms with Gasteiger partial charge in [0.15, 0.2) is 5.54 Å². The third kappa shape index (κ3) is 3.97. The molecule has 0 aliphatic rings. The highest BCUT2D eigenvalue weighted by Gasteiger charge is 2.39. The summed E-state index contributed by atoms with van der Waals surface area (Å²) in [5.74, 6) is -0.423. The maximum absolute atomic E-state index is 12.9. The summed E-state index contributed by atoms with van der Waals surface area (Å²) in [5.41, 5.74) is 1.87. The Bertz CT molecular complexity index is 891. The van der Waals surface area contributed by atoms with Gasteiger partial charge in [-0.05, 0) is 19.9 Å². The molecule has 0 N–H and O–H groups in total. The van der Waals surface area contributed by atoms with Crippen LogP contribution in [0.15, 0.2) is 77.9 Å². The molecule has 0 saturated carbocycles. The zero-order valence-corrected chi connectivity index (χ0v) is 15.8. The molecule has 0 radical (unpaired) electrons. The van der Waals surface area contributed by atoms with E-state index in [1.165, 1.54) is 0 Å². The molecule has 3 aromatic rings. The van der Waals surface area contributed by atoms with Crippen molar-refractivity contribution in [3.05, 3.63) is 89.7 Å². The smallest absolute Gasteiger partial charge is 0.340 e. The molecule has 5 nitrogen and oxygen atoms in total. The molecule has 27 heavy (non-hydrogen) atoms. The molecule has 0 aliphatic carbocycles. The molecular weight excluding hydrogens is 338 g/mol. The van der Waals surface area contributed by atoms with E-state index in [0.717, 1.165) is 16.8 Å². The van der Waals surface area contributed by atoms with Gasteiger partial charge in [0.05, 0.1) is 12.3 Å². The SMILES string of the molecule is CCOC(=O)C(C)(N=C(c1ccccc1)c1ccccc1)c1ccn(C)n1. The number of aryl methyl sites for hydroxylation is 1. The van der Waals surface area contributed by atoms with Crippen LogP contribution >= 0.6 is 0 Å². The molecule has 1 atom stereocenters. The van der Waals surface area contributed by atoms with Gasteiger partial charge in [0, 0.05) is 24.4 Å². The average molecular weight is 361 g/mol. The van der Waals surface area contributed by atoms with Gasteiger partial charge in [-0.2, -0.15) is 5.10 Å². The fourth-order valence-electron chi connectivity index (χ4n) is 2.87. The molecule has 0 bridgehead atoms. The monoisotopic (exact) mass is 361 g/mol. The molecule has 0 aliphatic heterocycles. The van der Waals surface area contributed by atoms with E-state index in [1.807, 2.05) is 67.7 Å². The van der Waals surface area contributed by atoms with Crippen molar-refractivity contribution in [2.24, 2.45) is 12.0 Å². The Hall–Kier alpha value is -3.21. The standard InChI is InChI=1S/C22H23N3O2/c1-4-27-21(26)22(2,19-15-16-25(3)24-19)23-20(17-11-7-5-8-12-17)18-13-9-6-10-14-18/h5-16H,4H2,1-3H3. The Kier molecular flexibility index (Phi) is 5.50. The van der Waals surface area contributed by atoms with Crippen LogP contribution in [0.5, 0.6) is 0 Å². The minimum Gasteiger partial charge on any atom is -0.464 e. The summed E-state index contributed by atoms with van der Waals surface area (Å²) in [7, 11) is 1.81. The van der Waals surface area contributed by atoms with E-state index in [0.29, 0.717) is 5.69 Å². The van der Waals surface area contributed by atoms with Crippen LogP contribution in [0.3, 0.4) is 0 Å². The summed E-state index contributed by atoms with van der Waals surface area (Å²) >= 11 is 0. The van der Waals surface area contributed by atoms with Gasteiger partial charge in [0.2, 0.25) is 0 Å². The molecular formula is C22H23N3O2. The van der Waals surface area contributed by atoms with E-state index >= 15 is 0 Å². The highest BCUT2D eigenvalue weighted by atomic mass is 16.5. The van der Waals surface area contributed by atoms with Crippen molar-refractivity contribution in [1.82, 2.24) is 9.78 Å². The first-order valence-electron chi connectivity index (χ1n) is 8.92. The van der Waals surface area contributed by atoms with Crippen LogP contribution in [0.25, 0.3) is 0 Å². The zero-order valence-electron chi connectivity index (χ0n) is 15.8. The number of aliphatic imine (C=N–C) groups is 1. The Balaban J connectivity index is 2.21. The fraction of sp³-hybridized carbons (Fsp3) is 0.227. The van der Waals surface area contributed by atoms with Crippen molar-refractivity contribution in [2.75, 3.05) is 6.61 Å². The number of benzene rings is 2. The van der Waals surface area contributed by atoms with Gasteiger partial charge in [-0.25, -0.2) is 4.79 Å². The van der Waals surface area contributed by atoms with Gasteiger partial charge in [0.1, 0.15) is 5.69 Å². The number of esters is 1. The Morgan fingerprint density at radius 2 is 1.59 bits per heavy atom. The van der Waals surface area contributed by atoms with Crippen LogP contribution in [0.4, 0.5) is 0 Å². The molecule has 0 fully saturated rings. The van der Waals surface area contributed by atoms with Crippen molar-refractivity contribution in [2.45, 2.75) is 19.4 Å². The Labute approximate surface area is 159 Å². The number of nitrogens with zero attached hydrogens (tertiary/aromatic N) is 3. The molecule has 0 spiro atoms. The third-order valence-electron chi connectivity index (χ3n) is 4.32. The normalized spacial score (nSPS) is 12.9. The minimum atomic E-state index is -1.25. The summed E-state index contributed by atoms with van der Waals surface area (Å²) in [6.07, 6.45) is 1.80. The van der Waals surface area contributed by atoms with Crippen molar-refractivity contribution >= 4 is 11.7 Å². The Morgan fingerprint density at radius 3 is 2.04 bits per heavy atom. The van der Waals surface area contributed by atoms with Crippen molar-refractivity contribution in [3.8, 4) is 0 Å². The highest BCUT2D eigenvalue weighted by molar-refractivity contribution is 6.13. The lowest BCUT2D eigenvalue weighted by Crippen LogP contribution is -2.34. The van der Waals surface area contributed by atoms with E-state index in [-0.39, 0.29) is 6.61 Å². The molecule has 1 heterocycles. The summed E-state index contributed by atoms with van der Waals surface area (Å²) in [6.45, 7) is 3.82. The van der Waals surface area contributed by atoms with E-state index in [2.05, 4.69) is 5.10 Å². The van der Waals surface area contributed by atoms with Crippen molar-refractivity contribution in [3.63, 3.8) is 0 Å². The minimum absolute atomic E-state index is 0.281. The number of carbonyl (C=O) groups excluding carboxylic acids is 1. The van der Waals surface area contributed by atoms with E-state index in [9.17, 15) is 4.79 Å². The molecule has 5 heteroatoms. The lowest BCUT2D eigenvalue weighted by molar-refractivity contribution is -0.149. The first-order chi connectivity index (χ1) is 13.0. The second-order valence-corrected chi connectivity index (χ2v) is 6.36. The quantitative estimate of drug-likeness (QED) is 0.496. The lowest BCUT2D eigenvalue weighted by atomic mass is 9.95. The number of ether oxygens (including phenoxy) is 1. The number of rotatable bonds is 6. The van der Waals surface area contributed by atoms with Crippen LogP contribution in [0.1, 0.15) is 30.7 Å². The molecule has 2 aromatic carbocycles. The largest absolute Gasteiger partial charge is 0.464 e. The lowest BCUT2D eigenvalue weighted by Gasteiger charge is -2.23. The molecule has 3 rings (SSSR count). The van der Waals surface area contributed by atoms with Gasteiger partial charge in [-0.3, -0.25) is 9.67 Å². The van der Waals surface area contributed by atoms with E-state index < -0.39 is 11.5 Å². The van der Waals surface area contributed by atoms with E-state index in [4.69, 9.17) is 9.73 Å². The van der Waals surface area contributed by atoms with E-state index in [1.54, 1.807) is 30.8 Å². The first-order valence-corrected chi connectivity index (χ1v) is 8.92. The average Bonchev–Trinajstić information content (AvgIpc) is 3.14. The summed E-state index contributed by atoms with van der Waals surface area (Å²) in [6, 6.07) is 21.5. The van der Waals surface area contributed by atoms with Crippen LogP contribution in [-0.4, -0.2) is 28.1 Å². The summed E-state index contributed by atoms with van der Waals surface area (Å²) in [5, 5.41) is 4.44. The van der Waals surface area contributed by atoms with Crippen LogP contribution in [-0.2, 0) is 22.1 Å². The first kappa shape index (κ1) is 18.6. The van der Waals surface area contributed by atoms with Crippen molar-refractivity contribution < 1.29 is 9.53 Å². The molecule has 0 amide bonds. The second-order valence-electron chi connectivity index (χ2n) is 6.36. The topological polar surface area (TPSA) is 56.5 Å². The zero-order chi connectivity index (χ0) is 19.3. The number of aromatic nitrogens is 2. The van der Waals surface area contributed by atoms with Gasteiger partial charge in [-0.1, -0.05) is 60.7 Å². The second kappa shape index (κ2) is 7.99. The molecule has 1 unspecified atom stereocenters. The number of hydrogen-bond acceptors (Lipinski definition) is 4. The molecule has 138 valence electrons. The van der Waals surface area contributed by atoms with Gasteiger partial charge >= 0.3 is 5.97 Å². The maximum Gasteiger partial charge on any atom is 0.340 e. The van der Waals surface area contributed by atoms with Crippen LogP contribution < -0.4 is 0 Å². The predicted molar refractivity (Wildman–Crippen MR) is 106 cm³/mol. The maximum atomic E-state index is 12.9.